The van der Waals surface area contributed by atoms with E-state index in [2.05, 4.69) is 18.7 Å². The van der Waals surface area contributed by atoms with Gasteiger partial charge in [-0.15, -0.1) is 0 Å². The minimum atomic E-state index is -0.233. The Morgan fingerprint density at radius 3 is 2.25 bits per heavy atom. The number of piperidine rings is 1. The Morgan fingerprint density at radius 1 is 1.19 bits per heavy atom. The highest BCUT2D eigenvalue weighted by Gasteiger charge is 2.35. The highest BCUT2D eigenvalue weighted by Crippen LogP contribution is 2.22. The molecule has 1 atom stereocenters. The molecule has 92 valence electrons. The second kappa shape index (κ2) is 4.72. The van der Waals surface area contributed by atoms with Crippen molar-refractivity contribution in [2.75, 3.05) is 19.6 Å². The average molecular weight is 225 g/mol. The lowest BCUT2D eigenvalue weighted by Gasteiger charge is -2.38. The molecule has 16 heavy (non-hydrogen) atoms. The van der Waals surface area contributed by atoms with Crippen LogP contribution in [0.5, 0.6) is 0 Å². The van der Waals surface area contributed by atoms with Gasteiger partial charge in [-0.2, -0.15) is 0 Å². The SMILES string of the molecule is CC(C)N1CCC(N2CCC(N)C2=O)CC1. The third-order valence-corrected chi connectivity index (χ3v) is 3.95. The van der Waals surface area contributed by atoms with Crippen molar-refractivity contribution in [3.05, 3.63) is 0 Å². The number of nitrogens with two attached hydrogens (primary N) is 1. The Bertz CT molecular complexity index is 259. The normalized spacial score (nSPS) is 29.4. The molecule has 0 radical (unpaired) electrons. The Labute approximate surface area is 97.8 Å². The number of amides is 1. The van der Waals surface area contributed by atoms with Crippen molar-refractivity contribution in [1.82, 2.24) is 9.80 Å². The van der Waals surface area contributed by atoms with Crippen LogP contribution in [-0.4, -0.2) is 53.5 Å². The van der Waals surface area contributed by atoms with Crippen LogP contribution in [0.4, 0.5) is 0 Å². The van der Waals surface area contributed by atoms with Crippen molar-refractivity contribution in [3.63, 3.8) is 0 Å². The molecule has 2 aliphatic rings. The molecular weight excluding hydrogens is 202 g/mol. The Balaban J connectivity index is 1.87. The van der Waals surface area contributed by atoms with E-state index in [0.717, 1.165) is 38.9 Å². The van der Waals surface area contributed by atoms with E-state index in [0.29, 0.717) is 12.1 Å². The van der Waals surface area contributed by atoms with Gasteiger partial charge in [0, 0.05) is 31.7 Å². The largest absolute Gasteiger partial charge is 0.338 e. The summed E-state index contributed by atoms with van der Waals surface area (Å²) in [7, 11) is 0. The van der Waals surface area contributed by atoms with Crippen LogP contribution in [0.15, 0.2) is 0 Å². The van der Waals surface area contributed by atoms with E-state index in [1.165, 1.54) is 0 Å². The summed E-state index contributed by atoms with van der Waals surface area (Å²) in [6, 6.07) is 0.830. The zero-order valence-electron chi connectivity index (χ0n) is 10.4. The first-order valence-corrected chi connectivity index (χ1v) is 6.39. The van der Waals surface area contributed by atoms with Gasteiger partial charge in [-0.25, -0.2) is 0 Å². The predicted molar refractivity (Wildman–Crippen MR) is 64.0 cm³/mol. The smallest absolute Gasteiger partial charge is 0.239 e. The zero-order chi connectivity index (χ0) is 11.7. The Hall–Kier alpha value is -0.610. The summed E-state index contributed by atoms with van der Waals surface area (Å²) >= 11 is 0. The van der Waals surface area contributed by atoms with Crippen LogP contribution >= 0.6 is 0 Å². The first-order chi connectivity index (χ1) is 7.59. The summed E-state index contributed by atoms with van der Waals surface area (Å²) < 4.78 is 0. The molecule has 2 rings (SSSR count). The van der Waals surface area contributed by atoms with Crippen molar-refractivity contribution >= 4 is 5.91 Å². The second-order valence-electron chi connectivity index (χ2n) is 5.29. The molecule has 1 amide bonds. The monoisotopic (exact) mass is 225 g/mol. The standard InChI is InChI=1S/C12H23N3O/c1-9(2)14-6-3-10(4-7-14)15-8-5-11(13)12(15)16/h9-11H,3-8,13H2,1-2H3. The molecular formula is C12H23N3O. The van der Waals surface area contributed by atoms with Gasteiger partial charge in [0.05, 0.1) is 6.04 Å². The first-order valence-electron chi connectivity index (χ1n) is 6.39. The molecule has 1 unspecified atom stereocenters. The third kappa shape index (κ3) is 2.23. The van der Waals surface area contributed by atoms with Gasteiger partial charge in [0.25, 0.3) is 0 Å². The fraction of sp³-hybridized carbons (Fsp3) is 0.917. The van der Waals surface area contributed by atoms with E-state index in [-0.39, 0.29) is 11.9 Å². The minimum Gasteiger partial charge on any atom is -0.338 e. The van der Waals surface area contributed by atoms with Crippen LogP contribution < -0.4 is 5.73 Å². The van der Waals surface area contributed by atoms with Crippen molar-refractivity contribution in [1.29, 1.82) is 0 Å². The highest BCUT2D eigenvalue weighted by molar-refractivity contribution is 5.84. The molecule has 0 spiro atoms. The zero-order valence-corrected chi connectivity index (χ0v) is 10.4. The summed E-state index contributed by atoms with van der Waals surface area (Å²) in [6.45, 7) is 7.56. The summed E-state index contributed by atoms with van der Waals surface area (Å²) in [6.07, 6.45) is 3.05. The van der Waals surface area contributed by atoms with Crippen molar-refractivity contribution in [2.24, 2.45) is 5.73 Å². The van der Waals surface area contributed by atoms with Gasteiger partial charge in [0.15, 0.2) is 0 Å². The molecule has 2 saturated heterocycles. The van der Waals surface area contributed by atoms with E-state index in [1.807, 2.05) is 4.90 Å². The predicted octanol–water partition coefficient (Wildman–Crippen LogP) is 0.419. The van der Waals surface area contributed by atoms with E-state index in [1.54, 1.807) is 0 Å². The molecule has 0 saturated carbocycles. The van der Waals surface area contributed by atoms with Crippen LogP contribution in [0.3, 0.4) is 0 Å². The van der Waals surface area contributed by atoms with Gasteiger partial charge in [0.2, 0.25) is 5.91 Å². The van der Waals surface area contributed by atoms with E-state index in [4.69, 9.17) is 5.73 Å². The molecule has 0 aliphatic carbocycles. The number of hydrogen-bond acceptors (Lipinski definition) is 3. The topological polar surface area (TPSA) is 49.6 Å². The first kappa shape index (κ1) is 11.9. The van der Waals surface area contributed by atoms with Gasteiger partial charge in [-0.05, 0) is 33.1 Å². The highest BCUT2D eigenvalue weighted by atomic mass is 16.2. The van der Waals surface area contributed by atoms with Gasteiger partial charge in [0.1, 0.15) is 0 Å². The number of carbonyl (C=O) groups is 1. The molecule has 0 aromatic rings. The lowest BCUT2D eigenvalue weighted by atomic mass is 10.0. The van der Waals surface area contributed by atoms with Gasteiger partial charge < -0.3 is 15.5 Å². The molecule has 0 aromatic carbocycles. The molecule has 2 heterocycles. The minimum absolute atomic E-state index is 0.169. The molecule has 0 aromatic heterocycles. The van der Waals surface area contributed by atoms with Crippen LogP contribution in [0.25, 0.3) is 0 Å². The third-order valence-electron chi connectivity index (χ3n) is 3.95. The molecule has 2 fully saturated rings. The van der Waals surface area contributed by atoms with Crippen LogP contribution in [0.1, 0.15) is 33.1 Å². The van der Waals surface area contributed by atoms with Crippen molar-refractivity contribution in [3.8, 4) is 0 Å². The van der Waals surface area contributed by atoms with E-state index < -0.39 is 0 Å². The number of carbonyl (C=O) groups excluding carboxylic acids is 1. The number of rotatable bonds is 2. The summed E-state index contributed by atoms with van der Waals surface area (Å²) in [5, 5.41) is 0. The average Bonchev–Trinajstić information content (AvgIpc) is 2.60. The number of likely N-dealkylation sites (tertiary alicyclic amines) is 2. The van der Waals surface area contributed by atoms with Crippen LogP contribution in [0, 0.1) is 0 Å². The van der Waals surface area contributed by atoms with Gasteiger partial charge >= 0.3 is 0 Å². The van der Waals surface area contributed by atoms with E-state index in [9.17, 15) is 4.79 Å². The van der Waals surface area contributed by atoms with Crippen molar-refractivity contribution in [2.45, 2.75) is 51.2 Å². The fourth-order valence-corrected chi connectivity index (χ4v) is 2.80. The molecule has 4 nitrogen and oxygen atoms in total. The summed E-state index contributed by atoms with van der Waals surface area (Å²) in [5.41, 5.74) is 5.75. The van der Waals surface area contributed by atoms with Gasteiger partial charge in [-0.1, -0.05) is 0 Å². The maximum absolute atomic E-state index is 11.8. The van der Waals surface area contributed by atoms with E-state index >= 15 is 0 Å². The van der Waals surface area contributed by atoms with Crippen molar-refractivity contribution < 1.29 is 4.79 Å². The maximum atomic E-state index is 11.8. The summed E-state index contributed by atoms with van der Waals surface area (Å²) in [5.74, 6) is 0.169. The number of nitrogens with zero attached hydrogens (tertiary/aromatic N) is 2. The van der Waals surface area contributed by atoms with Crippen LogP contribution in [-0.2, 0) is 4.79 Å². The quantitative estimate of drug-likeness (QED) is 0.741. The Kier molecular flexibility index (Phi) is 3.50. The lowest BCUT2D eigenvalue weighted by molar-refractivity contribution is -0.131. The number of hydrogen-bond donors (Lipinski definition) is 1. The van der Waals surface area contributed by atoms with Crippen LogP contribution in [0.2, 0.25) is 0 Å². The second-order valence-corrected chi connectivity index (χ2v) is 5.29. The lowest BCUT2D eigenvalue weighted by Crippen LogP contribution is -2.48. The molecule has 4 heteroatoms. The molecule has 2 aliphatic heterocycles. The maximum Gasteiger partial charge on any atom is 0.239 e. The molecule has 2 N–H and O–H groups in total. The van der Waals surface area contributed by atoms with Gasteiger partial charge in [-0.3, -0.25) is 4.79 Å². The summed E-state index contributed by atoms with van der Waals surface area (Å²) in [4.78, 5) is 16.3. The fourth-order valence-electron chi connectivity index (χ4n) is 2.80. The molecule has 0 bridgehead atoms. The Morgan fingerprint density at radius 2 is 1.81 bits per heavy atom.